The summed E-state index contributed by atoms with van der Waals surface area (Å²) in [6.07, 6.45) is 2.77. The van der Waals surface area contributed by atoms with Crippen molar-refractivity contribution >= 4 is 23.2 Å². The first kappa shape index (κ1) is 7.98. The van der Waals surface area contributed by atoms with E-state index in [0.29, 0.717) is 5.95 Å². The number of hydrogen-bond acceptors (Lipinski definition) is 2. The number of nitrogens with one attached hydrogen (secondary N) is 1. The Morgan fingerprint density at radius 2 is 2.31 bits per heavy atom. The molecular weight excluding hydrogens is 162 g/mol. The molecule has 0 aliphatic heterocycles. The summed E-state index contributed by atoms with van der Waals surface area (Å²) in [5.74, 6) is 0.683. The molecule has 0 aliphatic rings. The van der Waals surface area contributed by atoms with Crippen molar-refractivity contribution in [1.82, 2.24) is 9.97 Å². The van der Waals surface area contributed by atoms with Crippen molar-refractivity contribution in [2.45, 2.75) is 13.3 Å². The van der Waals surface area contributed by atoms with Crippen molar-refractivity contribution < 1.29 is 0 Å². The average Bonchev–Trinajstić information content (AvgIpc) is 2.57. The van der Waals surface area contributed by atoms with E-state index in [1.807, 2.05) is 37.4 Å². The predicted molar refractivity (Wildman–Crippen MR) is 54.5 cm³/mol. The largest absolute Gasteiger partial charge is 0.322 e. The van der Waals surface area contributed by atoms with Crippen LogP contribution in [0.1, 0.15) is 13.3 Å². The first-order chi connectivity index (χ1) is 6.40. The van der Waals surface area contributed by atoms with Crippen LogP contribution in [-0.4, -0.2) is 16.2 Å². The maximum atomic E-state index is 4.30. The number of fused-ring (bicyclic) bond motifs is 1. The maximum absolute atomic E-state index is 4.30. The van der Waals surface area contributed by atoms with Crippen LogP contribution in [0.2, 0.25) is 0 Å². The first-order valence-electron chi connectivity index (χ1n) is 4.37. The van der Waals surface area contributed by atoms with Crippen LogP contribution < -0.4 is 0 Å². The van der Waals surface area contributed by atoms with E-state index in [9.17, 15) is 0 Å². The molecule has 3 heteroatoms. The number of para-hydroxylation sites is 2. The van der Waals surface area contributed by atoms with Crippen LogP contribution >= 0.6 is 0 Å². The Morgan fingerprint density at radius 3 is 3.08 bits per heavy atom. The molecule has 1 N–H and O–H groups in total. The third-order valence-electron chi connectivity index (χ3n) is 1.77. The molecule has 1 aromatic heterocycles. The van der Waals surface area contributed by atoms with Gasteiger partial charge in [-0.1, -0.05) is 19.1 Å². The number of benzene rings is 1. The van der Waals surface area contributed by atoms with Gasteiger partial charge in [0.05, 0.1) is 11.0 Å². The summed E-state index contributed by atoms with van der Waals surface area (Å²) in [5, 5.41) is 0. The SMILES string of the molecule is CCC=Nc1nc2ccccc2[nH]1. The highest BCUT2D eigenvalue weighted by Crippen LogP contribution is 2.14. The summed E-state index contributed by atoms with van der Waals surface area (Å²) in [4.78, 5) is 11.6. The van der Waals surface area contributed by atoms with Crippen LogP contribution in [0.5, 0.6) is 0 Å². The molecule has 3 nitrogen and oxygen atoms in total. The predicted octanol–water partition coefficient (Wildman–Crippen LogP) is 2.68. The van der Waals surface area contributed by atoms with E-state index in [2.05, 4.69) is 15.0 Å². The summed E-state index contributed by atoms with van der Waals surface area (Å²) in [6, 6.07) is 7.91. The minimum absolute atomic E-state index is 0.683. The molecule has 66 valence electrons. The van der Waals surface area contributed by atoms with Gasteiger partial charge in [0.25, 0.3) is 0 Å². The number of nitrogens with zero attached hydrogens (tertiary/aromatic N) is 2. The zero-order chi connectivity index (χ0) is 9.10. The summed E-state index contributed by atoms with van der Waals surface area (Å²) < 4.78 is 0. The number of aliphatic imine (C=N–C) groups is 1. The molecule has 0 saturated carbocycles. The molecule has 1 heterocycles. The van der Waals surface area contributed by atoms with Crippen LogP contribution in [0.4, 0.5) is 5.95 Å². The number of imidazole rings is 1. The molecular formula is C10H11N3. The van der Waals surface area contributed by atoms with Crippen molar-refractivity contribution in [1.29, 1.82) is 0 Å². The van der Waals surface area contributed by atoms with E-state index in [-0.39, 0.29) is 0 Å². The van der Waals surface area contributed by atoms with Gasteiger partial charge in [-0.25, -0.2) is 9.98 Å². The van der Waals surface area contributed by atoms with Gasteiger partial charge >= 0.3 is 0 Å². The van der Waals surface area contributed by atoms with Gasteiger partial charge in [0.2, 0.25) is 5.95 Å². The number of aromatic nitrogens is 2. The summed E-state index contributed by atoms with van der Waals surface area (Å²) >= 11 is 0. The fraction of sp³-hybridized carbons (Fsp3) is 0.200. The van der Waals surface area contributed by atoms with E-state index in [0.717, 1.165) is 17.5 Å². The molecule has 0 radical (unpaired) electrons. The van der Waals surface area contributed by atoms with Gasteiger partial charge in [-0.2, -0.15) is 0 Å². The highest BCUT2D eigenvalue weighted by molar-refractivity contribution is 5.77. The van der Waals surface area contributed by atoms with E-state index in [1.54, 1.807) is 0 Å². The summed E-state index contributed by atoms with van der Waals surface area (Å²) in [5.41, 5.74) is 2.00. The Morgan fingerprint density at radius 1 is 1.46 bits per heavy atom. The van der Waals surface area contributed by atoms with Crippen LogP contribution in [0.25, 0.3) is 11.0 Å². The van der Waals surface area contributed by atoms with Gasteiger partial charge in [-0.05, 0) is 18.6 Å². The van der Waals surface area contributed by atoms with Gasteiger partial charge in [0, 0.05) is 6.21 Å². The molecule has 0 amide bonds. The van der Waals surface area contributed by atoms with Gasteiger partial charge < -0.3 is 4.98 Å². The molecule has 0 spiro atoms. The minimum atomic E-state index is 0.683. The maximum Gasteiger partial charge on any atom is 0.227 e. The van der Waals surface area contributed by atoms with Crippen LogP contribution in [0.15, 0.2) is 29.3 Å². The molecule has 2 aromatic rings. The second kappa shape index (κ2) is 3.39. The standard InChI is InChI=1S/C10H11N3/c1-2-7-11-10-12-8-5-3-4-6-9(8)13-10/h3-7H,2H2,1H3,(H,12,13). The average molecular weight is 173 g/mol. The van der Waals surface area contributed by atoms with Crippen LogP contribution in [0.3, 0.4) is 0 Å². The van der Waals surface area contributed by atoms with Crippen molar-refractivity contribution in [3.8, 4) is 0 Å². The van der Waals surface area contributed by atoms with E-state index >= 15 is 0 Å². The minimum Gasteiger partial charge on any atom is -0.322 e. The third kappa shape index (κ3) is 1.59. The molecule has 0 fully saturated rings. The molecule has 0 unspecified atom stereocenters. The Balaban J connectivity index is 2.44. The summed E-state index contributed by atoms with van der Waals surface area (Å²) in [7, 11) is 0. The molecule has 2 rings (SSSR count). The van der Waals surface area contributed by atoms with Gasteiger partial charge in [-0.15, -0.1) is 0 Å². The lowest BCUT2D eigenvalue weighted by atomic mass is 10.3. The molecule has 0 atom stereocenters. The van der Waals surface area contributed by atoms with Gasteiger partial charge in [0.15, 0.2) is 0 Å². The fourth-order valence-corrected chi connectivity index (χ4v) is 1.18. The molecule has 13 heavy (non-hydrogen) atoms. The number of aromatic amines is 1. The van der Waals surface area contributed by atoms with E-state index in [1.165, 1.54) is 0 Å². The smallest absolute Gasteiger partial charge is 0.227 e. The van der Waals surface area contributed by atoms with E-state index < -0.39 is 0 Å². The second-order valence-corrected chi connectivity index (χ2v) is 2.80. The lowest BCUT2D eigenvalue weighted by Gasteiger charge is -1.81. The zero-order valence-electron chi connectivity index (χ0n) is 7.49. The Kier molecular flexibility index (Phi) is 2.08. The summed E-state index contributed by atoms with van der Waals surface area (Å²) in [6.45, 7) is 2.05. The van der Waals surface area contributed by atoms with Crippen LogP contribution in [-0.2, 0) is 0 Å². The lowest BCUT2D eigenvalue weighted by Crippen LogP contribution is -1.69. The zero-order valence-corrected chi connectivity index (χ0v) is 7.49. The van der Waals surface area contributed by atoms with Crippen LogP contribution in [0, 0.1) is 0 Å². The third-order valence-corrected chi connectivity index (χ3v) is 1.77. The molecule has 0 bridgehead atoms. The topological polar surface area (TPSA) is 41.0 Å². The van der Waals surface area contributed by atoms with E-state index in [4.69, 9.17) is 0 Å². The molecule has 0 aliphatic carbocycles. The Hall–Kier alpha value is -1.64. The van der Waals surface area contributed by atoms with Crippen molar-refractivity contribution in [3.63, 3.8) is 0 Å². The fourth-order valence-electron chi connectivity index (χ4n) is 1.18. The van der Waals surface area contributed by atoms with Crippen molar-refractivity contribution in [2.75, 3.05) is 0 Å². The number of rotatable bonds is 2. The number of H-pyrrole nitrogens is 1. The van der Waals surface area contributed by atoms with Crippen molar-refractivity contribution in [3.05, 3.63) is 24.3 Å². The Bertz CT molecular complexity index is 395. The number of hydrogen-bond donors (Lipinski definition) is 1. The quantitative estimate of drug-likeness (QED) is 0.697. The Labute approximate surface area is 76.5 Å². The van der Waals surface area contributed by atoms with Gasteiger partial charge in [0.1, 0.15) is 0 Å². The first-order valence-corrected chi connectivity index (χ1v) is 4.37. The highest BCUT2D eigenvalue weighted by atomic mass is 15.1. The van der Waals surface area contributed by atoms with Gasteiger partial charge in [-0.3, -0.25) is 0 Å². The van der Waals surface area contributed by atoms with Crippen molar-refractivity contribution in [2.24, 2.45) is 4.99 Å². The molecule has 1 aromatic carbocycles. The lowest BCUT2D eigenvalue weighted by molar-refractivity contribution is 1.24. The molecule has 0 saturated heterocycles. The normalized spacial score (nSPS) is 11.5. The monoisotopic (exact) mass is 173 g/mol. The highest BCUT2D eigenvalue weighted by Gasteiger charge is 1.97. The second-order valence-electron chi connectivity index (χ2n) is 2.80.